The van der Waals surface area contributed by atoms with Crippen LogP contribution in [-0.4, -0.2) is 40.7 Å². The molecular formula is C19H25N3O5S2. The first kappa shape index (κ1) is 23.0. The SMILES string of the molecule is CC(C)NS(=O)(=O)c1ccc(C(=O)N(C)C(C)c2cccc(S(N)(=O)=O)c2)cc1. The molecule has 158 valence electrons. The molecule has 0 saturated carbocycles. The molecule has 0 bridgehead atoms. The van der Waals surface area contributed by atoms with Crippen LogP contribution in [0.4, 0.5) is 0 Å². The second-order valence-corrected chi connectivity index (χ2v) is 10.3. The summed E-state index contributed by atoms with van der Waals surface area (Å²) in [5.74, 6) is -0.334. The Balaban J connectivity index is 2.24. The van der Waals surface area contributed by atoms with Gasteiger partial charge < -0.3 is 4.90 Å². The first-order valence-corrected chi connectivity index (χ1v) is 11.9. The van der Waals surface area contributed by atoms with Gasteiger partial charge >= 0.3 is 0 Å². The highest BCUT2D eigenvalue weighted by atomic mass is 32.2. The third-order valence-electron chi connectivity index (χ3n) is 4.37. The number of carbonyl (C=O) groups is 1. The van der Waals surface area contributed by atoms with Gasteiger partial charge in [0.15, 0.2) is 0 Å². The van der Waals surface area contributed by atoms with Gasteiger partial charge in [-0.25, -0.2) is 26.7 Å². The number of hydrogen-bond acceptors (Lipinski definition) is 5. The maximum absolute atomic E-state index is 12.8. The van der Waals surface area contributed by atoms with Crippen molar-refractivity contribution in [3.8, 4) is 0 Å². The number of rotatable bonds is 7. The summed E-state index contributed by atoms with van der Waals surface area (Å²) in [6.45, 7) is 5.19. The standard InChI is InChI=1S/C19H25N3O5S2/c1-13(2)21-29(26,27)17-10-8-15(9-11-17)19(23)22(4)14(3)16-6-5-7-18(12-16)28(20,24)25/h5-14,21H,1-4H3,(H2,20,24,25). The van der Waals surface area contributed by atoms with E-state index in [0.717, 1.165) is 0 Å². The number of hydrogen-bond donors (Lipinski definition) is 2. The number of carbonyl (C=O) groups excluding carboxylic acids is 1. The monoisotopic (exact) mass is 439 g/mol. The molecule has 1 unspecified atom stereocenters. The molecule has 1 atom stereocenters. The zero-order chi connectivity index (χ0) is 22.0. The fraction of sp³-hybridized carbons (Fsp3) is 0.316. The fourth-order valence-electron chi connectivity index (χ4n) is 2.71. The Bertz CT molecular complexity index is 1090. The topological polar surface area (TPSA) is 127 Å². The molecule has 0 saturated heterocycles. The van der Waals surface area contributed by atoms with Crippen molar-refractivity contribution in [1.82, 2.24) is 9.62 Å². The molecule has 8 nitrogen and oxygen atoms in total. The maximum Gasteiger partial charge on any atom is 0.254 e. The predicted molar refractivity (Wildman–Crippen MR) is 110 cm³/mol. The third-order valence-corrected chi connectivity index (χ3v) is 6.96. The Morgan fingerprint density at radius 1 is 0.966 bits per heavy atom. The normalized spacial score (nSPS) is 13.3. The second kappa shape index (κ2) is 8.62. The molecule has 10 heteroatoms. The van der Waals surface area contributed by atoms with Crippen LogP contribution in [0, 0.1) is 0 Å². The van der Waals surface area contributed by atoms with Crippen LogP contribution in [-0.2, 0) is 20.0 Å². The van der Waals surface area contributed by atoms with Gasteiger partial charge in [-0.05, 0) is 62.7 Å². The van der Waals surface area contributed by atoms with Gasteiger partial charge in [0.25, 0.3) is 5.91 Å². The summed E-state index contributed by atoms with van der Waals surface area (Å²) < 4.78 is 50.0. The van der Waals surface area contributed by atoms with Gasteiger partial charge in [-0.15, -0.1) is 0 Å². The van der Waals surface area contributed by atoms with Gasteiger partial charge in [0.1, 0.15) is 0 Å². The summed E-state index contributed by atoms with van der Waals surface area (Å²) >= 11 is 0. The van der Waals surface area contributed by atoms with E-state index >= 15 is 0 Å². The van der Waals surface area contributed by atoms with E-state index in [2.05, 4.69) is 4.72 Å². The Morgan fingerprint density at radius 3 is 2.07 bits per heavy atom. The third kappa shape index (κ3) is 5.63. The van der Waals surface area contributed by atoms with E-state index in [1.807, 2.05) is 0 Å². The molecule has 3 N–H and O–H groups in total. The summed E-state index contributed by atoms with van der Waals surface area (Å²) in [5, 5.41) is 5.17. The highest BCUT2D eigenvalue weighted by molar-refractivity contribution is 7.89. The minimum absolute atomic E-state index is 0.0325. The highest BCUT2D eigenvalue weighted by Crippen LogP contribution is 2.23. The first-order valence-electron chi connectivity index (χ1n) is 8.85. The van der Waals surface area contributed by atoms with Crippen molar-refractivity contribution in [3.63, 3.8) is 0 Å². The molecule has 0 radical (unpaired) electrons. The molecule has 0 aliphatic carbocycles. The number of nitrogens with zero attached hydrogens (tertiary/aromatic N) is 1. The van der Waals surface area contributed by atoms with E-state index in [0.29, 0.717) is 11.1 Å². The van der Waals surface area contributed by atoms with Crippen LogP contribution >= 0.6 is 0 Å². The molecule has 2 rings (SSSR count). The van der Waals surface area contributed by atoms with Crippen molar-refractivity contribution in [2.75, 3.05) is 7.05 Å². The van der Waals surface area contributed by atoms with Crippen LogP contribution in [0.1, 0.15) is 42.7 Å². The van der Waals surface area contributed by atoms with Crippen molar-refractivity contribution in [3.05, 3.63) is 59.7 Å². The van der Waals surface area contributed by atoms with E-state index in [1.165, 1.54) is 41.3 Å². The van der Waals surface area contributed by atoms with Crippen LogP contribution in [0.3, 0.4) is 0 Å². The Kier molecular flexibility index (Phi) is 6.84. The second-order valence-electron chi connectivity index (χ2n) is 7.01. The molecule has 2 aromatic carbocycles. The highest BCUT2D eigenvalue weighted by Gasteiger charge is 2.21. The molecule has 0 spiro atoms. The van der Waals surface area contributed by atoms with Crippen molar-refractivity contribution in [2.24, 2.45) is 5.14 Å². The lowest BCUT2D eigenvalue weighted by Gasteiger charge is -2.26. The Morgan fingerprint density at radius 2 is 1.55 bits per heavy atom. The Labute approximate surface area is 171 Å². The Hall–Kier alpha value is -2.27. The van der Waals surface area contributed by atoms with Crippen LogP contribution in [0.5, 0.6) is 0 Å². The molecule has 0 aliphatic rings. The molecule has 0 aliphatic heterocycles. The molecule has 0 fully saturated rings. The van der Waals surface area contributed by atoms with Gasteiger partial charge in [-0.1, -0.05) is 12.1 Å². The van der Waals surface area contributed by atoms with E-state index < -0.39 is 26.1 Å². The number of sulfonamides is 2. The maximum atomic E-state index is 12.8. The smallest absolute Gasteiger partial charge is 0.254 e. The van der Waals surface area contributed by atoms with Gasteiger partial charge in [0.05, 0.1) is 15.8 Å². The van der Waals surface area contributed by atoms with Crippen LogP contribution < -0.4 is 9.86 Å². The lowest BCUT2D eigenvalue weighted by molar-refractivity contribution is 0.0742. The first-order chi connectivity index (χ1) is 13.3. The number of benzene rings is 2. The average Bonchev–Trinajstić information content (AvgIpc) is 2.65. The van der Waals surface area contributed by atoms with E-state index in [4.69, 9.17) is 5.14 Å². The summed E-state index contributed by atoms with van der Waals surface area (Å²) in [6, 6.07) is 11.0. The number of nitrogens with one attached hydrogen (secondary N) is 1. The predicted octanol–water partition coefficient (Wildman–Crippen LogP) is 1.85. The summed E-state index contributed by atoms with van der Waals surface area (Å²) in [5.41, 5.74) is 0.915. The largest absolute Gasteiger partial charge is 0.335 e. The molecule has 2 aromatic rings. The minimum Gasteiger partial charge on any atom is -0.335 e. The van der Waals surface area contributed by atoms with E-state index in [1.54, 1.807) is 40.0 Å². The summed E-state index contributed by atoms with van der Waals surface area (Å²) in [7, 11) is -5.91. The van der Waals surface area contributed by atoms with Gasteiger partial charge in [-0.2, -0.15) is 0 Å². The molecule has 29 heavy (non-hydrogen) atoms. The van der Waals surface area contributed by atoms with Crippen LogP contribution in [0.2, 0.25) is 0 Å². The van der Waals surface area contributed by atoms with Crippen molar-refractivity contribution >= 4 is 26.0 Å². The minimum atomic E-state index is -3.85. The lowest BCUT2D eigenvalue weighted by Crippen LogP contribution is -2.31. The quantitative estimate of drug-likeness (QED) is 0.681. The number of primary sulfonamides is 1. The van der Waals surface area contributed by atoms with Crippen LogP contribution in [0.15, 0.2) is 58.3 Å². The molecule has 0 heterocycles. The van der Waals surface area contributed by atoms with Crippen molar-refractivity contribution in [1.29, 1.82) is 0 Å². The van der Waals surface area contributed by atoms with Gasteiger partial charge in [0.2, 0.25) is 20.0 Å². The molecular weight excluding hydrogens is 414 g/mol. The number of amides is 1. The van der Waals surface area contributed by atoms with Crippen molar-refractivity contribution in [2.45, 2.75) is 42.6 Å². The summed E-state index contributed by atoms with van der Waals surface area (Å²) in [6.07, 6.45) is 0. The van der Waals surface area contributed by atoms with Crippen molar-refractivity contribution < 1.29 is 21.6 Å². The zero-order valence-electron chi connectivity index (χ0n) is 16.7. The van der Waals surface area contributed by atoms with Gasteiger partial charge in [-0.3, -0.25) is 4.79 Å². The van der Waals surface area contributed by atoms with Crippen LogP contribution in [0.25, 0.3) is 0 Å². The lowest BCUT2D eigenvalue weighted by atomic mass is 10.1. The average molecular weight is 440 g/mol. The number of nitrogens with two attached hydrogens (primary N) is 1. The van der Waals surface area contributed by atoms with E-state index in [-0.39, 0.29) is 21.7 Å². The molecule has 1 amide bonds. The zero-order valence-corrected chi connectivity index (χ0v) is 18.3. The molecule has 0 aromatic heterocycles. The van der Waals surface area contributed by atoms with Gasteiger partial charge in [0, 0.05) is 18.7 Å². The summed E-state index contributed by atoms with van der Waals surface area (Å²) in [4.78, 5) is 14.3. The fourth-order valence-corrected chi connectivity index (χ4v) is 4.53. The van der Waals surface area contributed by atoms with E-state index in [9.17, 15) is 21.6 Å².